The minimum absolute atomic E-state index is 0.0280. The number of carbonyl (C=O) groups excluding carboxylic acids is 3. The molecule has 0 radical (unpaired) electrons. The number of fused-ring (bicyclic) bond motifs is 3. The maximum absolute atomic E-state index is 15.6. The van der Waals surface area contributed by atoms with Gasteiger partial charge >= 0.3 is 5.97 Å². The van der Waals surface area contributed by atoms with Crippen molar-refractivity contribution in [1.29, 1.82) is 0 Å². The van der Waals surface area contributed by atoms with Crippen LogP contribution in [0.3, 0.4) is 0 Å². The highest BCUT2D eigenvalue weighted by Crippen LogP contribution is 2.65. The van der Waals surface area contributed by atoms with Crippen molar-refractivity contribution in [3.8, 4) is 17.6 Å². The second kappa shape index (κ2) is 17.6. The molecule has 1 aromatic heterocycles. The fraction of sp³-hybridized carbons (Fsp3) is 0.333. The number of para-hydroxylation sites is 1. The van der Waals surface area contributed by atoms with E-state index in [2.05, 4.69) is 27.5 Å². The molecule has 4 heterocycles. The van der Waals surface area contributed by atoms with Crippen molar-refractivity contribution in [2.45, 2.75) is 80.2 Å². The number of aliphatic hydroxyl groups excluding tert-OH is 1. The monoisotopic (exact) mass is 830 g/mol. The standard InChI is InChI=1S/C51H50N4O7/c56-31-32-61-41-21-10-9-20-38(41)46-51(39-33-34(22-23-40(39)54-49(51)59)24-28-50(60)26-12-1-2-13-27-50)42(47(57)53-30-25-37-19-11-14-29-52-37)44-48(58)62-45(36-17-7-4-8-18-36)43(55(44)46)35-15-5-3-6-16-35/h3-11,14-23,29,33,42-46,56,60H,1-2,12-13,25-27,30-32H2,(H,53,57)(H,54,59). The number of carbonyl (C=O) groups is 3. The molecule has 6 atom stereocenters. The number of morpholine rings is 1. The quantitative estimate of drug-likeness (QED) is 0.0702. The largest absolute Gasteiger partial charge is 0.491 e. The summed E-state index contributed by atoms with van der Waals surface area (Å²) in [7, 11) is 0. The molecule has 5 aromatic rings. The van der Waals surface area contributed by atoms with E-state index < -0.39 is 58.9 Å². The molecular formula is C51H50N4O7. The highest BCUT2D eigenvalue weighted by molar-refractivity contribution is 6.12. The number of nitrogens with zero attached hydrogens (tertiary/aromatic N) is 2. The summed E-state index contributed by atoms with van der Waals surface area (Å²) < 4.78 is 12.8. The Morgan fingerprint density at radius 3 is 2.31 bits per heavy atom. The fourth-order valence-electron chi connectivity index (χ4n) is 10.2. The zero-order valence-electron chi connectivity index (χ0n) is 34.4. The Labute approximate surface area is 361 Å². The van der Waals surface area contributed by atoms with Gasteiger partial charge in [0.25, 0.3) is 0 Å². The number of hydrogen-bond donors (Lipinski definition) is 4. The van der Waals surface area contributed by atoms with E-state index in [1.807, 2.05) is 114 Å². The topological polar surface area (TPSA) is 150 Å². The van der Waals surface area contributed by atoms with E-state index >= 15 is 14.4 Å². The van der Waals surface area contributed by atoms with Crippen molar-refractivity contribution in [3.63, 3.8) is 0 Å². The Hall–Kier alpha value is -6.32. The minimum Gasteiger partial charge on any atom is -0.491 e. The maximum Gasteiger partial charge on any atom is 0.324 e. The first-order valence-electron chi connectivity index (χ1n) is 21.6. The molecule has 0 bridgehead atoms. The van der Waals surface area contributed by atoms with E-state index in [-0.39, 0.29) is 19.8 Å². The van der Waals surface area contributed by atoms with Gasteiger partial charge in [-0.15, -0.1) is 0 Å². The third-order valence-corrected chi connectivity index (χ3v) is 12.9. The van der Waals surface area contributed by atoms with Gasteiger partial charge in [-0.25, -0.2) is 0 Å². The molecule has 1 aliphatic carbocycles. The lowest BCUT2D eigenvalue weighted by molar-refractivity contribution is -0.178. The Balaban J connectivity index is 1.29. The first kappa shape index (κ1) is 41.1. The van der Waals surface area contributed by atoms with Gasteiger partial charge in [-0.05, 0) is 78.8 Å². The van der Waals surface area contributed by atoms with Gasteiger partial charge in [0.1, 0.15) is 35.5 Å². The minimum atomic E-state index is -1.76. The van der Waals surface area contributed by atoms with Crippen LogP contribution < -0.4 is 15.4 Å². The summed E-state index contributed by atoms with van der Waals surface area (Å²) in [6, 6.07) is 34.6. The SMILES string of the molecule is O=C1OC(c2ccccc2)C(c2ccccc2)N2C1C(C(=O)NCCc1ccccn1)C1(C(=O)Nc3ccc(C#CC4(O)CCCCCC4)cc31)C2c1ccccc1OCCO. The van der Waals surface area contributed by atoms with Crippen molar-refractivity contribution in [3.05, 3.63) is 161 Å². The molecule has 316 valence electrons. The second-order valence-electron chi connectivity index (χ2n) is 16.6. The first-order chi connectivity index (χ1) is 30.3. The molecule has 9 rings (SSSR count). The number of benzene rings is 4. The van der Waals surface area contributed by atoms with E-state index in [0.717, 1.165) is 42.5 Å². The average molecular weight is 831 g/mol. The average Bonchev–Trinajstić information content (AvgIpc) is 3.67. The van der Waals surface area contributed by atoms with Gasteiger partial charge in [0.15, 0.2) is 0 Å². The number of cyclic esters (lactones) is 1. The summed E-state index contributed by atoms with van der Waals surface area (Å²) in [5.74, 6) is 3.91. The zero-order chi connectivity index (χ0) is 42.7. The van der Waals surface area contributed by atoms with Crippen molar-refractivity contribution < 1.29 is 34.1 Å². The molecule has 11 heteroatoms. The van der Waals surface area contributed by atoms with Crippen molar-refractivity contribution in [2.24, 2.45) is 5.92 Å². The number of hydrogen-bond acceptors (Lipinski definition) is 9. The van der Waals surface area contributed by atoms with Gasteiger partial charge in [0, 0.05) is 41.7 Å². The van der Waals surface area contributed by atoms with Crippen LogP contribution in [0.1, 0.15) is 90.2 Å². The number of nitrogens with one attached hydrogen (secondary N) is 2. The van der Waals surface area contributed by atoms with Crippen LogP contribution in [-0.2, 0) is 31.0 Å². The Morgan fingerprint density at radius 2 is 1.58 bits per heavy atom. The van der Waals surface area contributed by atoms with Crippen LogP contribution in [0.25, 0.3) is 0 Å². The van der Waals surface area contributed by atoms with Gasteiger partial charge < -0.3 is 30.3 Å². The van der Waals surface area contributed by atoms with Gasteiger partial charge in [-0.2, -0.15) is 0 Å². The number of aliphatic hydroxyl groups is 2. The molecule has 1 spiro atoms. The predicted molar refractivity (Wildman–Crippen MR) is 233 cm³/mol. The summed E-state index contributed by atoms with van der Waals surface area (Å²) in [4.78, 5) is 52.6. The van der Waals surface area contributed by atoms with Gasteiger partial charge in [-0.3, -0.25) is 24.3 Å². The molecule has 2 saturated heterocycles. The van der Waals surface area contributed by atoms with Crippen molar-refractivity contribution in [2.75, 3.05) is 25.1 Å². The normalized spacial score (nSPS) is 25.0. The molecule has 6 unspecified atom stereocenters. The number of pyridine rings is 1. The van der Waals surface area contributed by atoms with Gasteiger partial charge in [-0.1, -0.05) is 110 Å². The van der Waals surface area contributed by atoms with Crippen molar-refractivity contribution >= 4 is 23.5 Å². The number of rotatable bonds is 10. The third-order valence-electron chi connectivity index (χ3n) is 12.9. The van der Waals surface area contributed by atoms with E-state index in [4.69, 9.17) is 9.47 Å². The molecule has 3 aliphatic heterocycles. The second-order valence-corrected chi connectivity index (χ2v) is 16.6. The summed E-state index contributed by atoms with van der Waals surface area (Å²) in [5, 5.41) is 27.8. The van der Waals surface area contributed by atoms with Gasteiger partial charge in [0.2, 0.25) is 11.8 Å². The Bertz CT molecular complexity index is 2480. The first-order valence-corrected chi connectivity index (χ1v) is 21.6. The fourth-order valence-corrected chi connectivity index (χ4v) is 10.2. The van der Waals surface area contributed by atoms with Crippen LogP contribution in [0.4, 0.5) is 5.69 Å². The molecule has 4 aliphatic rings. The molecule has 4 aromatic carbocycles. The van der Waals surface area contributed by atoms with Crippen molar-refractivity contribution in [1.82, 2.24) is 15.2 Å². The highest BCUT2D eigenvalue weighted by atomic mass is 16.6. The number of anilines is 1. The van der Waals surface area contributed by atoms with E-state index in [0.29, 0.717) is 47.4 Å². The van der Waals surface area contributed by atoms with E-state index in [9.17, 15) is 10.2 Å². The maximum atomic E-state index is 15.6. The summed E-state index contributed by atoms with van der Waals surface area (Å²) in [6.45, 7) is -0.0945. The van der Waals surface area contributed by atoms with E-state index in [1.165, 1.54) is 0 Å². The Morgan fingerprint density at radius 1 is 0.871 bits per heavy atom. The molecule has 62 heavy (non-hydrogen) atoms. The van der Waals surface area contributed by atoms with Crippen LogP contribution in [-0.4, -0.2) is 69.3 Å². The third kappa shape index (κ3) is 7.53. The zero-order valence-corrected chi connectivity index (χ0v) is 34.4. The molecule has 4 N–H and O–H groups in total. The summed E-state index contributed by atoms with van der Waals surface area (Å²) in [6.07, 6.45) is 6.28. The van der Waals surface area contributed by atoms with Crippen LogP contribution in [0.5, 0.6) is 5.75 Å². The lowest BCUT2D eigenvalue weighted by atomic mass is 9.65. The molecule has 2 amide bonds. The molecular weight excluding hydrogens is 781 g/mol. The molecule has 1 saturated carbocycles. The number of amides is 2. The predicted octanol–water partition coefficient (Wildman–Crippen LogP) is 6.52. The lowest BCUT2D eigenvalue weighted by Crippen LogP contribution is -2.55. The molecule has 3 fully saturated rings. The Kier molecular flexibility index (Phi) is 11.6. The lowest BCUT2D eigenvalue weighted by Gasteiger charge is -2.46. The number of aromatic nitrogens is 1. The number of esters is 1. The van der Waals surface area contributed by atoms with Crippen LogP contribution in [0.15, 0.2) is 128 Å². The number of ether oxygens (including phenoxy) is 2. The van der Waals surface area contributed by atoms with E-state index in [1.54, 1.807) is 18.3 Å². The smallest absolute Gasteiger partial charge is 0.324 e. The van der Waals surface area contributed by atoms with Crippen LogP contribution >= 0.6 is 0 Å². The van der Waals surface area contributed by atoms with Crippen LogP contribution in [0.2, 0.25) is 0 Å². The molecule has 11 nitrogen and oxygen atoms in total. The highest BCUT2D eigenvalue weighted by Gasteiger charge is 2.74. The van der Waals surface area contributed by atoms with Gasteiger partial charge in [0.05, 0.1) is 24.6 Å². The summed E-state index contributed by atoms with van der Waals surface area (Å²) >= 11 is 0. The van der Waals surface area contributed by atoms with Crippen LogP contribution in [0, 0.1) is 17.8 Å². The summed E-state index contributed by atoms with van der Waals surface area (Å²) in [5.41, 5.74) is 1.55.